The molecule has 208 valence electrons. The Labute approximate surface area is 239 Å². The van der Waals surface area contributed by atoms with Crippen LogP contribution in [0.1, 0.15) is 56.3 Å². The van der Waals surface area contributed by atoms with Gasteiger partial charge in [0.05, 0.1) is 27.2 Å². The van der Waals surface area contributed by atoms with Crippen molar-refractivity contribution >= 4 is 55.0 Å². The first-order valence-electron chi connectivity index (χ1n) is 12.1. The van der Waals surface area contributed by atoms with Crippen LogP contribution in [0, 0.1) is 20.8 Å². The number of carbonyl (C=O) groups is 2. The monoisotopic (exact) mass is 631 g/mol. The zero-order valence-corrected chi connectivity index (χ0v) is 24.3. The Hall–Kier alpha value is -3.98. The molecule has 0 aromatic carbocycles. The molecule has 0 fully saturated rings. The van der Waals surface area contributed by atoms with E-state index in [4.69, 9.17) is 5.73 Å². The van der Waals surface area contributed by atoms with Crippen LogP contribution in [0.15, 0.2) is 29.0 Å². The molecule has 5 aromatic rings. The number of amides is 2. The first-order chi connectivity index (χ1) is 19.0. The fourth-order valence-corrected chi connectivity index (χ4v) is 5.67. The number of hydrogen-bond acceptors (Lipinski definition) is 7. The molecular formula is C25H24BrF2N9O2S. The lowest BCUT2D eigenvalue weighted by molar-refractivity contribution is 0.100. The van der Waals surface area contributed by atoms with Crippen LogP contribution in [0.25, 0.3) is 21.3 Å². The van der Waals surface area contributed by atoms with Crippen molar-refractivity contribution in [2.45, 2.75) is 47.3 Å². The first-order valence-corrected chi connectivity index (χ1v) is 13.7. The number of nitrogens with two attached hydrogens (primary N) is 1. The van der Waals surface area contributed by atoms with E-state index in [2.05, 4.69) is 41.5 Å². The van der Waals surface area contributed by atoms with Crippen molar-refractivity contribution in [3.63, 3.8) is 0 Å². The van der Waals surface area contributed by atoms with Gasteiger partial charge >= 0.3 is 0 Å². The Kier molecular flexibility index (Phi) is 7.27. The number of aromatic nitrogens is 7. The number of hydrogen-bond donors (Lipinski definition) is 2. The van der Waals surface area contributed by atoms with Crippen LogP contribution in [-0.2, 0) is 13.2 Å². The number of rotatable bonds is 8. The highest BCUT2D eigenvalue weighted by Gasteiger charge is 2.27. The van der Waals surface area contributed by atoms with Crippen LogP contribution in [0.3, 0.4) is 0 Å². The summed E-state index contributed by atoms with van der Waals surface area (Å²) in [6, 6.07) is 2.78. The van der Waals surface area contributed by atoms with Gasteiger partial charge in [0.2, 0.25) is 0 Å². The summed E-state index contributed by atoms with van der Waals surface area (Å²) in [5, 5.41) is 16.3. The summed E-state index contributed by atoms with van der Waals surface area (Å²) < 4.78 is 33.5. The lowest BCUT2D eigenvalue weighted by atomic mass is 10.0. The topological polar surface area (TPSA) is 139 Å². The SMILES string of the molecule is CCn1cc(-c2cc(C(F)F)nc3sc(C(N)=O)c(NC(=O)c4ccn(Cn5nc(C)c(Br)c5C)n4)c23)c(C)n1. The molecule has 40 heavy (non-hydrogen) atoms. The van der Waals surface area contributed by atoms with Gasteiger partial charge in [0, 0.05) is 29.9 Å². The average molecular weight is 632 g/mol. The smallest absolute Gasteiger partial charge is 0.280 e. The Balaban J connectivity index is 1.57. The molecule has 0 spiro atoms. The van der Waals surface area contributed by atoms with E-state index >= 15 is 0 Å². The molecule has 0 radical (unpaired) electrons. The van der Waals surface area contributed by atoms with Crippen LogP contribution in [0.4, 0.5) is 14.5 Å². The second-order valence-electron chi connectivity index (χ2n) is 9.05. The zero-order valence-electron chi connectivity index (χ0n) is 21.9. The van der Waals surface area contributed by atoms with Gasteiger partial charge in [-0.1, -0.05) is 0 Å². The van der Waals surface area contributed by atoms with E-state index in [1.165, 1.54) is 12.1 Å². The van der Waals surface area contributed by atoms with Gasteiger partial charge in [-0.2, -0.15) is 15.3 Å². The number of nitrogens with zero attached hydrogens (tertiary/aromatic N) is 7. The van der Waals surface area contributed by atoms with E-state index in [0.29, 0.717) is 28.8 Å². The largest absolute Gasteiger partial charge is 0.365 e. The third-order valence-electron chi connectivity index (χ3n) is 6.37. The summed E-state index contributed by atoms with van der Waals surface area (Å²) in [4.78, 5) is 30.0. The molecule has 0 atom stereocenters. The molecule has 5 aromatic heterocycles. The van der Waals surface area contributed by atoms with Gasteiger partial charge in [-0.3, -0.25) is 19.0 Å². The molecule has 0 aliphatic rings. The van der Waals surface area contributed by atoms with Crippen LogP contribution >= 0.6 is 27.3 Å². The maximum atomic E-state index is 13.8. The quantitative estimate of drug-likeness (QED) is 0.246. The fourth-order valence-electron chi connectivity index (χ4n) is 4.37. The molecule has 11 nitrogen and oxygen atoms in total. The van der Waals surface area contributed by atoms with Crippen LogP contribution in [0.5, 0.6) is 0 Å². The van der Waals surface area contributed by atoms with Crippen molar-refractivity contribution in [3.8, 4) is 11.1 Å². The number of thiophene rings is 1. The maximum absolute atomic E-state index is 13.8. The van der Waals surface area contributed by atoms with Gasteiger partial charge in [-0.05, 0) is 61.3 Å². The molecule has 0 unspecified atom stereocenters. The summed E-state index contributed by atoms with van der Waals surface area (Å²) >= 11 is 4.33. The molecule has 0 saturated heterocycles. The minimum Gasteiger partial charge on any atom is -0.365 e. The van der Waals surface area contributed by atoms with Crippen LogP contribution < -0.4 is 11.1 Å². The minimum absolute atomic E-state index is 0.0176. The molecule has 5 heterocycles. The molecule has 3 N–H and O–H groups in total. The molecular weight excluding hydrogens is 608 g/mol. The Morgan fingerprint density at radius 2 is 1.88 bits per heavy atom. The number of aryl methyl sites for hydroxylation is 3. The summed E-state index contributed by atoms with van der Waals surface area (Å²) in [6.07, 6.45) is 0.504. The lowest BCUT2D eigenvalue weighted by Crippen LogP contribution is -2.18. The fraction of sp³-hybridized carbons (Fsp3) is 0.280. The number of nitrogens with one attached hydrogen (secondary N) is 1. The van der Waals surface area contributed by atoms with Crippen molar-refractivity contribution in [3.05, 3.63) is 62.3 Å². The number of anilines is 1. The number of pyridine rings is 1. The second-order valence-corrected chi connectivity index (χ2v) is 10.8. The minimum atomic E-state index is -2.85. The highest BCUT2D eigenvalue weighted by molar-refractivity contribution is 9.10. The number of alkyl halides is 2. The van der Waals surface area contributed by atoms with Crippen molar-refractivity contribution in [2.24, 2.45) is 5.73 Å². The number of halogens is 3. The lowest BCUT2D eigenvalue weighted by Gasteiger charge is -2.10. The van der Waals surface area contributed by atoms with E-state index in [1.54, 1.807) is 33.4 Å². The standard InChI is InChI=1S/C25H24BrF2N9O2S/c1-5-35-9-15(11(2)32-35)14-8-17(22(27)28)30-25-18(14)20(21(40-25)23(29)38)31-24(39)16-6-7-36(34-16)10-37-13(4)19(26)12(3)33-37/h6-9,22H,5,10H2,1-4H3,(H2,29,38)(H,31,39). The molecule has 0 saturated carbocycles. The Morgan fingerprint density at radius 1 is 1.12 bits per heavy atom. The van der Waals surface area contributed by atoms with Gasteiger partial charge in [0.25, 0.3) is 18.2 Å². The van der Waals surface area contributed by atoms with E-state index < -0.39 is 23.9 Å². The van der Waals surface area contributed by atoms with Crippen LogP contribution in [0.2, 0.25) is 0 Å². The second kappa shape index (κ2) is 10.5. The van der Waals surface area contributed by atoms with Gasteiger partial charge in [0.15, 0.2) is 5.69 Å². The van der Waals surface area contributed by atoms with E-state index in [9.17, 15) is 18.4 Å². The summed E-state index contributed by atoms with van der Waals surface area (Å²) in [5.41, 5.74) is 8.59. The van der Waals surface area contributed by atoms with E-state index in [-0.39, 0.29) is 27.8 Å². The summed E-state index contributed by atoms with van der Waals surface area (Å²) in [7, 11) is 0. The average Bonchev–Trinajstić information content (AvgIpc) is 3.67. The van der Waals surface area contributed by atoms with Crippen molar-refractivity contribution in [1.82, 2.24) is 34.3 Å². The third kappa shape index (κ3) is 4.90. The van der Waals surface area contributed by atoms with Crippen molar-refractivity contribution in [2.75, 3.05) is 5.32 Å². The molecule has 15 heteroatoms. The predicted octanol–water partition coefficient (Wildman–Crippen LogP) is 5.06. The highest BCUT2D eigenvalue weighted by atomic mass is 79.9. The number of carbonyl (C=O) groups excluding carboxylic acids is 2. The molecule has 5 rings (SSSR count). The normalized spacial score (nSPS) is 11.6. The van der Waals surface area contributed by atoms with Crippen LogP contribution in [-0.4, -0.2) is 46.1 Å². The maximum Gasteiger partial charge on any atom is 0.280 e. The van der Waals surface area contributed by atoms with Gasteiger partial charge in [-0.15, -0.1) is 11.3 Å². The highest BCUT2D eigenvalue weighted by Crippen LogP contribution is 2.43. The van der Waals surface area contributed by atoms with Gasteiger partial charge < -0.3 is 11.1 Å². The van der Waals surface area contributed by atoms with E-state index in [1.807, 2.05) is 20.8 Å². The van der Waals surface area contributed by atoms with E-state index in [0.717, 1.165) is 27.2 Å². The van der Waals surface area contributed by atoms with Gasteiger partial charge in [0.1, 0.15) is 22.1 Å². The Morgan fingerprint density at radius 3 is 2.48 bits per heavy atom. The summed E-state index contributed by atoms with van der Waals surface area (Å²) in [5.74, 6) is -1.44. The molecule has 0 aliphatic carbocycles. The van der Waals surface area contributed by atoms with Crippen molar-refractivity contribution in [1.29, 1.82) is 0 Å². The first kappa shape index (κ1) is 27.6. The molecule has 0 aliphatic heterocycles. The van der Waals surface area contributed by atoms with Gasteiger partial charge in [-0.25, -0.2) is 18.4 Å². The third-order valence-corrected chi connectivity index (χ3v) is 8.62. The molecule has 2 amide bonds. The van der Waals surface area contributed by atoms with Crippen molar-refractivity contribution < 1.29 is 18.4 Å². The predicted molar refractivity (Wildman–Crippen MR) is 150 cm³/mol. The zero-order chi connectivity index (χ0) is 28.9. The number of primary amides is 1. The Bertz CT molecular complexity index is 1790. The summed E-state index contributed by atoms with van der Waals surface area (Å²) in [6.45, 7) is 8.27. The molecule has 0 bridgehead atoms. The number of fused-ring (bicyclic) bond motifs is 1.